The van der Waals surface area contributed by atoms with E-state index in [1.54, 1.807) is 45.0 Å². The zero-order valence-corrected chi connectivity index (χ0v) is 17.1. The van der Waals surface area contributed by atoms with Gasteiger partial charge in [-0.2, -0.15) is 0 Å². The number of methoxy groups -OCH3 is 2. The van der Waals surface area contributed by atoms with Crippen molar-refractivity contribution in [3.63, 3.8) is 0 Å². The summed E-state index contributed by atoms with van der Waals surface area (Å²) in [5.74, 6) is -1.43. The van der Waals surface area contributed by atoms with Crippen molar-refractivity contribution in [1.82, 2.24) is 5.32 Å². The molecule has 1 N–H and O–H groups in total. The van der Waals surface area contributed by atoms with Crippen molar-refractivity contribution in [2.24, 2.45) is 0 Å². The van der Waals surface area contributed by atoms with Gasteiger partial charge in [0.1, 0.15) is 18.2 Å². The molecule has 0 aliphatic heterocycles. The second kappa shape index (κ2) is 11.4. The van der Waals surface area contributed by atoms with Crippen molar-refractivity contribution in [2.45, 2.75) is 38.8 Å². The second-order valence-corrected chi connectivity index (χ2v) is 7.09. The van der Waals surface area contributed by atoms with Gasteiger partial charge in [0.25, 0.3) is 0 Å². The first-order valence-corrected chi connectivity index (χ1v) is 8.92. The van der Waals surface area contributed by atoms with E-state index in [0.717, 1.165) is 5.56 Å². The summed E-state index contributed by atoms with van der Waals surface area (Å²) in [7, 11) is 2.78. The molecule has 28 heavy (non-hydrogen) atoms. The SMILES string of the molecule is COCCOCC(=O)N[C@H](Cc1ccc(C(=O)OC(C)(C)C)cc1)C(=O)OC. The van der Waals surface area contributed by atoms with Gasteiger partial charge in [0.2, 0.25) is 5.91 Å². The van der Waals surface area contributed by atoms with Crippen molar-refractivity contribution in [3.8, 4) is 0 Å². The summed E-state index contributed by atoms with van der Waals surface area (Å²) in [6.07, 6.45) is 0.213. The minimum absolute atomic E-state index is 0.186. The fourth-order valence-electron chi connectivity index (χ4n) is 2.23. The van der Waals surface area contributed by atoms with Gasteiger partial charge in [-0.1, -0.05) is 12.1 Å². The molecular weight excluding hydrogens is 366 g/mol. The summed E-state index contributed by atoms with van der Waals surface area (Å²) < 4.78 is 20.0. The van der Waals surface area contributed by atoms with Gasteiger partial charge in [0, 0.05) is 13.5 Å². The van der Waals surface area contributed by atoms with Crippen LogP contribution in [0.25, 0.3) is 0 Å². The number of amides is 1. The molecule has 1 aromatic rings. The molecular formula is C20H29NO7. The number of rotatable bonds is 10. The van der Waals surface area contributed by atoms with E-state index in [-0.39, 0.29) is 19.6 Å². The van der Waals surface area contributed by atoms with Crippen LogP contribution < -0.4 is 5.32 Å². The Balaban J connectivity index is 2.70. The Morgan fingerprint density at radius 2 is 1.68 bits per heavy atom. The highest BCUT2D eigenvalue weighted by Gasteiger charge is 2.23. The number of hydrogen-bond donors (Lipinski definition) is 1. The van der Waals surface area contributed by atoms with Crippen LogP contribution >= 0.6 is 0 Å². The summed E-state index contributed by atoms with van der Waals surface area (Å²) in [5, 5.41) is 2.59. The van der Waals surface area contributed by atoms with Crippen molar-refractivity contribution >= 4 is 17.8 Å². The number of esters is 2. The lowest BCUT2D eigenvalue weighted by molar-refractivity contribution is -0.145. The normalized spacial score (nSPS) is 12.2. The van der Waals surface area contributed by atoms with Crippen LogP contribution in [0.1, 0.15) is 36.7 Å². The van der Waals surface area contributed by atoms with Gasteiger partial charge < -0.3 is 24.3 Å². The van der Waals surface area contributed by atoms with Gasteiger partial charge in [-0.25, -0.2) is 9.59 Å². The van der Waals surface area contributed by atoms with Crippen LogP contribution in [-0.4, -0.2) is 63.5 Å². The third kappa shape index (κ3) is 8.96. The number of carbonyl (C=O) groups excluding carboxylic acids is 3. The Hall–Kier alpha value is -2.45. The van der Waals surface area contributed by atoms with E-state index < -0.39 is 29.5 Å². The summed E-state index contributed by atoms with van der Waals surface area (Å²) in [5.41, 5.74) is 0.577. The first kappa shape index (κ1) is 23.6. The van der Waals surface area contributed by atoms with Crippen LogP contribution in [0.15, 0.2) is 24.3 Å². The predicted octanol–water partition coefficient (Wildman–Crippen LogP) is 1.51. The molecule has 0 aliphatic carbocycles. The molecule has 0 radical (unpaired) electrons. The summed E-state index contributed by atoms with van der Waals surface area (Å²) in [6, 6.07) is 5.78. The highest BCUT2D eigenvalue weighted by molar-refractivity contribution is 5.89. The van der Waals surface area contributed by atoms with E-state index in [0.29, 0.717) is 12.2 Å². The van der Waals surface area contributed by atoms with Crippen LogP contribution in [0, 0.1) is 0 Å². The Morgan fingerprint density at radius 1 is 1.04 bits per heavy atom. The molecule has 156 valence electrons. The molecule has 0 fully saturated rings. The minimum Gasteiger partial charge on any atom is -0.467 e. The molecule has 1 atom stereocenters. The largest absolute Gasteiger partial charge is 0.467 e. The molecule has 1 rings (SSSR count). The molecule has 8 heteroatoms. The molecule has 0 spiro atoms. The van der Waals surface area contributed by atoms with Gasteiger partial charge in [-0.15, -0.1) is 0 Å². The van der Waals surface area contributed by atoms with Crippen LogP contribution in [0.4, 0.5) is 0 Å². The summed E-state index contributed by atoms with van der Waals surface area (Å²) in [4.78, 5) is 36.0. The van der Waals surface area contributed by atoms with Crippen molar-refractivity contribution in [1.29, 1.82) is 0 Å². The number of hydrogen-bond acceptors (Lipinski definition) is 7. The molecule has 0 bridgehead atoms. The van der Waals surface area contributed by atoms with E-state index in [4.69, 9.17) is 18.9 Å². The Labute approximate surface area is 165 Å². The maximum Gasteiger partial charge on any atom is 0.338 e. The van der Waals surface area contributed by atoms with E-state index in [2.05, 4.69) is 5.32 Å². The maximum atomic E-state index is 12.1. The Bertz CT molecular complexity index is 650. The minimum atomic E-state index is -0.865. The molecule has 8 nitrogen and oxygen atoms in total. The van der Waals surface area contributed by atoms with Crippen molar-refractivity contribution < 1.29 is 33.3 Å². The van der Waals surface area contributed by atoms with E-state index in [9.17, 15) is 14.4 Å². The maximum absolute atomic E-state index is 12.1. The van der Waals surface area contributed by atoms with Gasteiger partial charge in [-0.05, 0) is 38.5 Å². The first-order valence-electron chi connectivity index (χ1n) is 8.92. The predicted molar refractivity (Wildman–Crippen MR) is 102 cm³/mol. The molecule has 0 saturated carbocycles. The van der Waals surface area contributed by atoms with Gasteiger partial charge in [-0.3, -0.25) is 4.79 Å². The molecule has 0 aliphatic rings. The van der Waals surface area contributed by atoms with E-state index in [1.165, 1.54) is 14.2 Å². The van der Waals surface area contributed by atoms with Crippen molar-refractivity contribution in [2.75, 3.05) is 34.0 Å². The van der Waals surface area contributed by atoms with E-state index in [1.807, 2.05) is 0 Å². The number of benzene rings is 1. The highest BCUT2D eigenvalue weighted by Crippen LogP contribution is 2.14. The average Bonchev–Trinajstić information content (AvgIpc) is 2.63. The second-order valence-electron chi connectivity index (χ2n) is 7.09. The van der Waals surface area contributed by atoms with Crippen LogP contribution in [0.2, 0.25) is 0 Å². The van der Waals surface area contributed by atoms with Gasteiger partial charge >= 0.3 is 11.9 Å². The lowest BCUT2D eigenvalue weighted by Gasteiger charge is -2.20. The van der Waals surface area contributed by atoms with E-state index >= 15 is 0 Å². The van der Waals surface area contributed by atoms with Gasteiger partial charge in [0.15, 0.2) is 0 Å². The average molecular weight is 395 g/mol. The fraction of sp³-hybridized carbons (Fsp3) is 0.550. The quantitative estimate of drug-likeness (QED) is 0.473. The monoisotopic (exact) mass is 395 g/mol. The Morgan fingerprint density at radius 3 is 2.21 bits per heavy atom. The topological polar surface area (TPSA) is 100 Å². The van der Waals surface area contributed by atoms with Crippen molar-refractivity contribution in [3.05, 3.63) is 35.4 Å². The van der Waals surface area contributed by atoms with Crippen LogP contribution in [-0.2, 0) is 35.0 Å². The molecule has 0 heterocycles. The zero-order chi connectivity index (χ0) is 21.2. The number of carbonyl (C=O) groups is 3. The third-order valence-corrected chi connectivity index (χ3v) is 3.51. The molecule has 0 unspecified atom stereocenters. The standard InChI is InChI=1S/C20H29NO7/c1-20(2,3)28-18(23)15-8-6-14(7-9-15)12-16(19(24)26-5)21-17(22)13-27-11-10-25-4/h6-9,16H,10-13H2,1-5H3,(H,21,22)/t16-/m1/s1. The Kier molecular flexibility index (Phi) is 9.61. The fourth-order valence-corrected chi connectivity index (χ4v) is 2.23. The lowest BCUT2D eigenvalue weighted by Crippen LogP contribution is -2.44. The van der Waals surface area contributed by atoms with Crippen LogP contribution in [0.3, 0.4) is 0 Å². The smallest absolute Gasteiger partial charge is 0.338 e. The molecule has 0 saturated heterocycles. The highest BCUT2D eigenvalue weighted by atomic mass is 16.6. The van der Waals surface area contributed by atoms with Gasteiger partial charge in [0.05, 0.1) is 25.9 Å². The zero-order valence-electron chi connectivity index (χ0n) is 17.1. The number of ether oxygens (including phenoxy) is 4. The molecule has 0 aromatic heterocycles. The third-order valence-electron chi connectivity index (χ3n) is 3.51. The summed E-state index contributed by atoms with van der Waals surface area (Å²) in [6.45, 7) is 5.84. The summed E-state index contributed by atoms with van der Waals surface area (Å²) >= 11 is 0. The molecule has 1 aromatic carbocycles. The van der Waals surface area contributed by atoms with Crippen LogP contribution in [0.5, 0.6) is 0 Å². The number of nitrogens with one attached hydrogen (secondary N) is 1. The molecule has 1 amide bonds. The first-order chi connectivity index (χ1) is 13.2. The lowest BCUT2D eigenvalue weighted by atomic mass is 10.0.